The minimum Gasteiger partial charge on any atom is -0.472 e. The lowest BCUT2D eigenvalue weighted by Crippen LogP contribution is -2.43. The van der Waals surface area contributed by atoms with Gasteiger partial charge in [-0.15, -0.1) is 0 Å². The van der Waals surface area contributed by atoms with Crippen LogP contribution < -0.4 is 5.32 Å². The molecule has 3 aromatic rings. The Morgan fingerprint density at radius 3 is 2.66 bits per heavy atom. The van der Waals surface area contributed by atoms with Crippen LogP contribution >= 0.6 is 0 Å². The van der Waals surface area contributed by atoms with E-state index in [4.69, 9.17) is 4.42 Å². The molecule has 150 valence electrons. The van der Waals surface area contributed by atoms with Crippen LogP contribution in [0.1, 0.15) is 28.8 Å². The number of hydrogen-bond donors (Lipinski definition) is 1. The van der Waals surface area contributed by atoms with Gasteiger partial charge < -0.3 is 14.6 Å². The standard InChI is InChI=1S/C22H24N4O3/c27-21(18-7-11-25(12-8-18)22(28)19-9-13-29-16-19)23-10-6-17-14-24-26(15-17)20-4-2-1-3-5-20/h1-5,9,13-16,18H,6-8,10-12H2,(H,23,27). The molecule has 1 fully saturated rings. The summed E-state index contributed by atoms with van der Waals surface area (Å²) >= 11 is 0. The summed E-state index contributed by atoms with van der Waals surface area (Å²) in [5.41, 5.74) is 2.65. The summed E-state index contributed by atoms with van der Waals surface area (Å²) < 4.78 is 6.81. The van der Waals surface area contributed by atoms with Gasteiger partial charge in [-0.1, -0.05) is 18.2 Å². The molecule has 0 aliphatic carbocycles. The fourth-order valence-electron chi connectivity index (χ4n) is 3.60. The van der Waals surface area contributed by atoms with Crippen molar-refractivity contribution in [2.45, 2.75) is 19.3 Å². The average molecular weight is 392 g/mol. The zero-order chi connectivity index (χ0) is 20.1. The number of nitrogens with one attached hydrogen (secondary N) is 1. The Kier molecular flexibility index (Phi) is 5.74. The monoisotopic (exact) mass is 392 g/mol. The van der Waals surface area contributed by atoms with Gasteiger partial charge in [0, 0.05) is 31.7 Å². The van der Waals surface area contributed by atoms with Crippen molar-refractivity contribution in [3.63, 3.8) is 0 Å². The Hall–Kier alpha value is -3.35. The molecule has 0 radical (unpaired) electrons. The van der Waals surface area contributed by atoms with Gasteiger partial charge in [0.1, 0.15) is 6.26 Å². The summed E-state index contributed by atoms with van der Waals surface area (Å²) in [4.78, 5) is 26.6. The maximum Gasteiger partial charge on any atom is 0.257 e. The van der Waals surface area contributed by atoms with E-state index in [1.807, 2.05) is 47.4 Å². The highest BCUT2D eigenvalue weighted by Crippen LogP contribution is 2.19. The maximum absolute atomic E-state index is 12.5. The lowest BCUT2D eigenvalue weighted by molar-refractivity contribution is -0.126. The number of hydrogen-bond acceptors (Lipinski definition) is 4. The Morgan fingerprint density at radius 2 is 1.93 bits per heavy atom. The number of aromatic nitrogens is 2. The molecule has 2 aromatic heterocycles. The van der Waals surface area contributed by atoms with Gasteiger partial charge >= 0.3 is 0 Å². The molecule has 3 heterocycles. The summed E-state index contributed by atoms with van der Waals surface area (Å²) in [7, 11) is 0. The van der Waals surface area contributed by atoms with E-state index in [1.165, 1.54) is 12.5 Å². The summed E-state index contributed by atoms with van der Waals surface area (Å²) in [6.07, 6.45) is 8.87. The van der Waals surface area contributed by atoms with E-state index in [0.717, 1.165) is 17.7 Å². The van der Waals surface area contributed by atoms with E-state index < -0.39 is 0 Å². The molecule has 7 heteroatoms. The van der Waals surface area contributed by atoms with Crippen LogP contribution in [0.4, 0.5) is 0 Å². The van der Waals surface area contributed by atoms with Crippen LogP contribution in [0.2, 0.25) is 0 Å². The largest absolute Gasteiger partial charge is 0.472 e. The van der Waals surface area contributed by atoms with E-state index >= 15 is 0 Å². The molecular weight excluding hydrogens is 368 g/mol. The van der Waals surface area contributed by atoms with Gasteiger partial charge in [0.2, 0.25) is 5.91 Å². The number of likely N-dealkylation sites (tertiary alicyclic amines) is 1. The molecule has 0 unspecified atom stereocenters. The smallest absolute Gasteiger partial charge is 0.257 e. The highest BCUT2D eigenvalue weighted by Gasteiger charge is 2.27. The number of carbonyl (C=O) groups excluding carboxylic acids is 2. The topological polar surface area (TPSA) is 80.4 Å². The molecule has 4 rings (SSSR count). The minimum absolute atomic E-state index is 0.0342. The van der Waals surface area contributed by atoms with E-state index in [-0.39, 0.29) is 17.7 Å². The van der Waals surface area contributed by atoms with Gasteiger partial charge in [-0.2, -0.15) is 5.10 Å². The van der Waals surface area contributed by atoms with Crippen LogP contribution in [0.25, 0.3) is 5.69 Å². The first-order valence-corrected chi connectivity index (χ1v) is 9.89. The highest BCUT2D eigenvalue weighted by atomic mass is 16.3. The highest BCUT2D eigenvalue weighted by molar-refractivity contribution is 5.94. The molecule has 0 saturated carbocycles. The average Bonchev–Trinajstić information content (AvgIpc) is 3.46. The fraction of sp³-hybridized carbons (Fsp3) is 0.318. The Labute approximate surface area is 169 Å². The second kappa shape index (κ2) is 8.77. The van der Waals surface area contributed by atoms with Gasteiger partial charge in [-0.3, -0.25) is 9.59 Å². The first kappa shape index (κ1) is 19.0. The third-order valence-electron chi connectivity index (χ3n) is 5.29. The molecule has 1 N–H and O–H groups in total. The fourth-order valence-corrected chi connectivity index (χ4v) is 3.60. The quantitative estimate of drug-likeness (QED) is 0.699. The zero-order valence-electron chi connectivity index (χ0n) is 16.2. The first-order valence-electron chi connectivity index (χ1n) is 9.89. The predicted octanol–water partition coefficient (Wildman–Crippen LogP) is 2.68. The van der Waals surface area contributed by atoms with Crippen LogP contribution in [0.5, 0.6) is 0 Å². The van der Waals surface area contributed by atoms with Crippen molar-refractivity contribution < 1.29 is 14.0 Å². The normalized spacial score (nSPS) is 14.7. The molecule has 1 aromatic carbocycles. The van der Waals surface area contributed by atoms with Gasteiger partial charge in [-0.25, -0.2) is 4.68 Å². The van der Waals surface area contributed by atoms with Crippen molar-refractivity contribution in [2.75, 3.05) is 19.6 Å². The van der Waals surface area contributed by atoms with Crippen molar-refractivity contribution in [1.29, 1.82) is 0 Å². The van der Waals surface area contributed by atoms with Crippen molar-refractivity contribution >= 4 is 11.8 Å². The Balaban J connectivity index is 1.21. The number of para-hydroxylation sites is 1. The van der Waals surface area contributed by atoms with E-state index in [0.29, 0.717) is 38.0 Å². The zero-order valence-corrected chi connectivity index (χ0v) is 16.2. The van der Waals surface area contributed by atoms with Crippen molar-refractivity contribution in [3.05, 3.63) is 72.4 Å². The molecule has 2 amide bonds. The lowest BCUT2D eigenvalue weighted by Gasteiger charge is -2.31. The van der Waals surface area contributed by atoms with Crippen LogP contribution in [-0.4, -0.2) is 46.1 Å². The molecule has 1 aliphatic heterocycles. The second-order valence-corrected chi connectivity index (χ2v) is 7.25. The van der Waals surface area contributed by atoms with Gasteiger partial charge in [0.25, 0.3) is 5.91 Å². The van der Waals surface area contributed by atoms with E-state index in [9.17, 15) is 9.59 Å². The summed E-state index contributed by atoms with van der Waals surface area (Å²) in [5.74, 6) is -0.0145. The van der Waals surface area contributed by atoms with Gasteiger partial charge in [0.05, 0.1) is 23.7 Å². The van der Waals surface area contributed by atoms with Crippen LogP contribution in [0.15, 0.2) is 65.7 Å². The molecule has 1 aliphatic rings. The molecule has 0 bridgehead atoms. The molecule has 0 spiro atoms. The number of rotatable bonds is 6. The number of piperidine rings is 1. The number of carbonyl (C=O) groups is 2. The third-order valence-corrected chi connectivity index (χ3v) is 5.29. The summed E-state index contributed by atoms with van der Waals surface area (Å²) in [6, 6.07) is 11.6. The molecular formula is C22H24N4O3. The number of nitrogens with zero attached hydrogens (tertiary/aromatic N) is 3. The van der Waals surface area contributed by atoms with E-state index in [1.54, 1.807) is 11.0 Å². The van der Waals surface area contributed by atoms with Crippen molar-refractivity contribution in [2.24, 2.45) is 5.92 Å². The minimum atomic E-state index is -0.0459. The van der Waals surface area contributed by atoms with Crippen LogP contribution in [0.3, 0.4) is 0 Å². The number of amides is 2. The SMILES string of the molecule is O=C(NCCc1cnn(-c2ccccc2)c1)C1CCN(C(=O)c2ccoc2)CC1. The van der Waals surface area contributed by atoms with Crippen molar-refractivity contribution in [1.82, 2.24) is 20.0 Å². The molecule has 29 heavy (non-hydrogen) atoms. The maximum atomic E-state index is 12.5. The Morgan fingerprint density at radius 1 is 1.14 bits per heavy atom. The summed E-state index contributed by atoms with van der Waals surface area (Å²) in [6.45, 7) is 1.76. The lowest BCUT2D eigenvalue weighted by atomic mass is 9.95. The van der Waals surface area contributed by atoms with Crippen LogP contribution in [0, 0.1) is 5.92 Å². The molecule has 0 atom stereocenters. The molecule has 1 saturated heterocycles. The Bertz CT molecular complexity index is 942. The summed E-state index contributed by atoms with van der Waals surface area (Å²) in [5, 5.41) is 7.41. The van der Waals surface area contributed by atoms with Gasteiger partial charge in [0.15, 0.2) is 0 Å². The number of furan rings is 1. The third kappa shape index (κ3) is 4.56. The first-order chi connectivity index (χ1) is 14.2. The van der Waals surface area contributed by atoms with Gasteiger partial charge in [-0.05, 0) is 43.0 Å². The predicted molar refractivity (Wildman–Crippen MR) is 108 cm³/mol. The number of benzene rings is 1. The second-order valence-electron chi connectivity index (χ2n) is 7.25. The molecule has 7 nitrogen and oxygen atoms in total. The van der Waals surface area contributed by atoms with E-state index in [2.05, 4.69) is 10.4 Å². The van der Waals surface area contributed by atoms with Crippen LogP contribution in [-0.2, 0) is 11.2 Å². The van der Waals surface area contributed by atoms with Crippen molar-refractivity contribution in [3.8, 4) is 5.69 Å².